The summed E-state index contributed by atoms with van der Waals surface area (Å²) in [5.74, 6) is -1.46. The van der Waals surface area contributed by atoms with E-state index in [1.54, 1.807) is 6.92 Å². The molecule has 0 fully saturated rings. The van der Waals surface area contributed by atoms with Gasteiger partial charge in [-0.1, -0.05) is 6.92 Å². The smallest absolute Gasteiger partial charge is 0.248 e. The fourth-order valence-corrected chi connectivity index (χ4v) is 0.462. The van der Waals surface area contributed by atoms with E-state index in [4.69, 9.17) is 0 Å². The average molecular weight is 136 g/mol. The third kappa shape index (κ3) is 2.54. The second-order valence-corrected chi connectivity index (χ2v) is 1.94. The largest absolute Gasteiger partial charge is 0.299 e. The minimum atomic E-state index is -2.50. The fourth-order valence-electron chi connectivity index (χ4n) is 0.462. The van der Waals surface area contributed by atoms with E-state index >= 15 is 0 Å². The van der Waals surface area contributed by atoms with E-state index in [0.717, 1.165) is 0 Å². The third-order valence-electron chi connectivity index (χ3n) is 1.23. The molecule has 0 heterocycles. The van der Waals surface area contributed by atoms with Crippen LogP contribution in [0.25, 0.3) is 0 Å². The fraction of sp³-hybridized carbons (Fsp3) is 0.833. The Morgan fingerprint density at radius 2 is 2.00 bits per heavy atom. The molecule has 0 N–H and O–H groups in total. The topological polar surface area (TPSA) is 17.1 Å². The Labute approximate surface area is 53.1 Å². The van der Waals surface area contributed by atoms with E-state index in [-0.39, 0.29) is 12.2 Å². The van der Waals surface area contributed by atoms with Gasteiger partial charge in [0.05, 0.1) is 5.92 Å². The average Bonchev–Trinajstić information content (AvgIpc) is 1.84. The number of carbonyl (C=O) groups excluding carboxylic acids is 1. The summed E-state index contributed by atoms with van der Waals surface area (Å²) in [6, 6.07) is 0. The van der Waals surface area contributed by atoms with E-state index in [2.05, 4.69) is 0 Å². The predicted octanol–water partition coefficient (Wildman–Crippen LogP) is 1.87. The molecule has 0 aliphatic heterocycles. The number of ketones is 1. The van der Waals surface area contributed by atoms with Gasteiger partial charge in [0.1, 0.15) is 5.78 Å². The Hall–Kier alpha value is -0.470. The summed E-state index contributed by atoms with van der Waals surface area (Å²) in [5.41, 5.74) is 0. The van der Waals surface area contributed by atoms with Gasteiger partial charge in [0, 0.05) is 6.42 Å². The highest BCUT2D eigenvalue weighted by molar-refractivity contribution is 5.80. The van der Waals surface area contributed by atoms with Crippen molar-refractivity contribution in [1.82, 2.24) is 0 Å². The number of rotatable bonds is 3. The molecule has 0 aromatic carbocycles. The summed E-state index contributed by atoms with van der Waals surface area (Å²) in [7, 11) is 0. The van der Waals surface area contributed by atoms with Crippen LogP contribution in [0.2, 0.25) is 0 Å². The van der Waals surface area contributed by atoms with Crippen LogP contribution in [0.3, 0.4) is 0 Å². The highest BCUT2D eigenvalue weighted by Gasteiger charge is 2.20. The molecule has 1 nitrogen and oxygen atoms in total. The lowest BCUT2D eigenvalue weighted by Gasteiger charge is -2.05. The van der Waals surface area contributed by atoms with Gasteiger partial charge in [0.15, 0.2) is 0 Å². The SMILES string of the molecule is CCC(=O)C(C)C(F)F. The van der Waals surface area contributed by atoms with E-state index in [1.807, 2.05) is 0 Å². The van der Waals surface area contributed by atoms with Crippen LogP contribution in [0.1, 0.15) is 20.3 Å². The van der Waals surface area contributed by atoms with E-state index in [9.17, 15) is 13.6 Å². The van der Waals surface area contributed by atoms with Crippen LogP contribution in [0.4, 0.5) is 8.78 Å². The van der Waals surface area contributed by atoms with Crippen LogP contribution in [0, 0.1) is 5.92 Å². The highest BCUT2D eigenvalue weighted by atomic mass is 19.3. The van der Waals surface area contributed by atoms with E-state index in [0.29, 0.717) is 0 Å². The van der Waals surface area contributed by atoms with Crippen LogP contribution in [-0.2, 0) is 4.79 Å². The number of alkyl halides is 2. The summed E-state index contributed by atoms with van der Waals surface area (Å²) in [5, 5.41) is 0. The molecule has 0 aromatic rings. The standard InChI is InChI=1S/C6H10F2O/c1-3-5(9)4(2)6(7)8/h4,6H,3H2,1-2H3. The quantitative estimate of drug-likeness (QED) is 0.578. The molecule has 0 radical (unpaired) electrons. The van der Waals surface area contributed by atoms with E-state index < -0.39 is 12.3 Å². The maximum atomic E-state index is 11.6. The van der Waals surface area contributed by atoms with Crippen LogP contribution < -0.4 is 0 Å². The monoisotopic (exact) mass is 136 g/mol. The predicted molar refractivity (Wildman–Crippen MR) is 30.5 cm³/mol. The molecular weight excluding hydrogens is 126 g/mol. The number of halogens is 2. The van der Waals surface area contributed by atoms with Gasteiger partial charge in [-0.2, -0.15) is 0 Å². The van der Waals surface area contributed by atoms with Crippen LogP contribution >= 0.6 is 0 Å². The number of carbonyl (C=O) groups is 1. The lowest BCUT2D eigenvalue weighted by molar-refractivity contribution is -0.126. The van der Waals surface area contributed by atoms with Crippen LogP contribution in [0.15, 0.2) is 0 Å². The number of Topliss-reactive ketones (excluding diaryl/α,β-unsaturated/α-hetero) is 1. The Balaban J connectivity index is 3.72. The molecule has 0 aromatic heterocycles. The molecule has 0 amide bonds. The summed E-state index contributed by atoms with van der Waals surface area (Å²) in [4.78, 5) is 10.5. The molecule has 54 valence electrons. The summed E-state index contributed by atoms with van der Waals surface area (Å²) in [6.07, 6.45) is -2.30. The summed E-state index contributed by atoms with van der Waals surface area (Å²) < 4.78 is 23.3. The van der Waals surface area contributed by atoms with Crippen LogP contribution in [-0.4, -0.2) is 12.2 Å². The zero-order valence-corrected chi connectivity index (χ0v) is 5.53. The zero-order valence-electron chi connectivity index (χ0n) is 5.53. The first-order valence-corrected chi connectivity index (χ1v) is 2.90. The molecule has 1 unspecified atom stereocenters. The minimum Gasteiger partial charge on any atom is -0.299 e. The molecule has 0 spiro atoms. The number of hydrogen-bond donors (Lipinski definition) is 0. The van der Waals surface area contributed by atoms with Crippen molar-refractivity contribution >= 4 is 5.78 Å². The van der Waals surface area contributed by atoms with Crippen molar-refractivity contribution in [3.63, 3.8) is 0 Å². The van der Waals surface area contributed by atoms with Gasteiger partial charge < -0.3 is 0 Å². The van der Waals surface area contributed by atoms with Gasteiger partial charge in [-0.15, -0.1) is 0 Å². The normalized spacial score (nSPS) is 13.9. The van der Waals surface area contributed by atoms with Crippen molar-refractivity contribution in [2.45, 2.75) is 26.7 Å². The Morgan fingerprint density at radius 1 is 1.56 bits per heavy atom. The first kappa shape index (κ1) is 8.53. The van der Waals surface area contributed by atoms with Gasteiger partial charge in [-0.25, -0.2) is 8.78 Å². The molecule has 1 atom stereocenters. The highest BCUT2D eigenvalue weighted by Crippen LogP contribution is 2.10. The lowest BCUT2D eigenvalue weighted by atomic mass is 10.1. The van der Waals surface area contributed by atoms with Gasteiger partial charge in [-0.05, 0) is 6.92 Å². The molecule has 9 heavy (non-hydrogen) atoms. The summed E-state index contributed by atoms with van der Waals surface area (Å²) >= 11 is 0. The first-order chi connectivity index (χ1) is 4.09. The third-order valence-corrected chi connectivity index (χ3v) is 1.23. The second-order valence-electron chi connectivity index (χ2n) is 1.94. The molecule has 3 heteroatoms. The number of hydrogen-bond acceptors (Lipinski definition) is 1. The zero-order chi connectivity index (χ0) is 7.44. The van der Waals surface area contributed by atoms with Gasteiger partial charge in [0.25, 0.3) is 0 Å². The van der Waals surface area contributed by atoms with Gasteiger partial charge >= 0.3 is 0 Å². The second kappa shape index (κ2) is 3.54. The Morgan fingerprint density at radius 3 is 2.11 bits per heavy atom. The minimum absolute atomic E-state index is 0.200. The Bertz CT molecular complexity index is 101. The Kier molecular flexibility index (Phi) is 3.35. The van der Waals surface area contributed by atoms with Crippen molar-refractivity contribution in [3.8, 4) is 0 Å². The van der Waals surface area contributed by atoms with Gasteiger partial charge in [-0.3, -0.25) is 4.79 Å². The van der Waals surface area contributed by atoms with Crippen molar-refractivity contribution in [2.24, 2.45) is 5.92 Å². The summed E-state index contributed by atoms with van der Waals surface area (Å²) in [6.45, 7) is 2.83. The van der Waals surface area contributed by atoms with Crippen molar-refractivity contribution in [2.75, 3.05) is 0 Å². The molecule has 0 saturated carbocycles. The molecule has 0 aliphatic rings. The molecule has 0 aliphatic carbocycles. The van der Waals surface area contributed by atoms with Crippen LogP contribution in [0.5, 0.6) is 0 Å². The van der Waals surface area contributed by atoms with Crippen molar-refractivity contribution in [1.29, 1.82) is 0 Å². The maximum absolute atomic E-state index is 11.6. The van der Waals surface area contributed by atoms with E-state index in [1.165, 1.54) is 6.92 Å². The van der Waals surface area contributed by atoms with Crippen molar-refractivity contribution < 1.29 is 13.6 Å². The van der Waals surface area contributed by atoms with Gasteiger partial charge in [0.2, 0.25) is 6.43 Å². The first-order valence-electron chi connectivity index (χ1n) is 2.90. The molecule has 0 rings (SSSR count). The molecule has 0 bridgehead atoms. The molecular formula is C6H10F2O. The molecule has 0 saturated heterocycles. The maximum Gasteiger partial charge on any atom is 0.248 e. The van der Waals surface area contributed by atoms with Crippen molar-refractivity contribution in [3.05, 3.63) is 0 Å². The lowest BCUT2D eigenvalue weighted by Crippen LogP contribution is -2.17.